The van der Waals surface area contributed by atoms with Gasteiger partial charge in [-0.1, -0.05) is 6.58 Å². The number of rotatable bonds is 7. The number of carbonyl (C=O) groups excluding carboxylic acids is 2. The number of benzene rings is 1. The van der Waals surface area contributed by atoms with E-state index in [4.69, 9.17) is 15.5 Å². The van der Waals surface area contributed by atoms with Gasteiger partial charge in [0.05, 0.1) is 30.4 Å². The number of nitrogens with two attached hydrogens (primary N) is 1. The third kappa shape index (κ3) is 3.81. The molecule has 40 heavy (non-hydrogen) atoms. The second-order valence-electron chi connectivity index (χ2n) is 11.4. The van der Waals surface area contributed by atoms with Crippen LogP contribution in [0.3, 0.4) is 0 Å². The average Bonchev–Trinajstić information content (AvgIpc) is 3.40. The van der Waals surface area contributed by atoms with E-state index < -0.39 is 0 Å². The van der Waals surface area contributed by atoms with Gasteiger partial charge in [0.1, 0.15) is 16.9 Å². The highest BCUT2D eigenvalue weighted by Gasteiger charge is 2.53. The number of carbonyl (C=O) groups is 2. The van der Waals surface area contributed by atoms with Crippen molar-refractivity contribution in [2.75, 3.05) is 13.7 Å². The van der Waals surface area contributed by atoms with Crippen LogP contribution in [0.2, 0.25) is 0 Å². The fraction of sp³-hybridized carbons (Fsp3) is 0.400. The number of hydrogen-bond acceptors (Lipinski definition) is 6. The van der Waals surface area contributed by atoms with Gasteiger partial charge in [0, 0.05) is 43.3 Å². The molecule has 3 aromatic heterocycles. The van der Waals surface area contributed by atoms with E-state index in [-0.39, 0.29) is 35.9 Å². The summed E-state index contributed by atoms with van der Waals surface area (Å²) in [5.41, 5.74) is 10.4. The highest BCUT2D eigenvalue weighted by Crippen LogP contribution is 2.40. The quantitative estimate of drug-likeness (QED) is 0.349. The molecule has 1 saturated heterocycles. The van der Waals surface area contributed by atoms with Gasteiger partial charge in [-0.3, -0.25) is 9.59 Å². The summed E-state index contributed by atoms with van der Waals surface area (Å²) in [6.07, 6.45) is 6.30. The number of nitrogens with zero attached hydrogens (tertiary/aromatic N) is 5. The lowest BCUT2D eigenvalue weighted by Crippen LogP contribution is -2.54. The molecule has 1 aromatic carbocycles. The summed E-state index contributed by atoms with van der Waals surface area (Å²) in [6.45, 7) is 5.01. The molecule has 3 fully saturated rings. The maximum absolute atomic E-state index is 13.9. The molecule has 10 heteroatoms. The zero-order chi connectivity index (χ0) is 27.7. The Labute approximate surface area is 231 Å². The first kappa shape index (κ1) is 24.8. The third-order valence-electron chi connectivity index (χ3n) is 8.90. The van der Waals surface area contributed by atoms with Crippen molar-refractivity contribution < 1.29 is 14.3 Å². The molecule has 2 bridgehead atoms. The van der Waals surface area contributed by atoms with Crippen molar-refractivity contribution in [2.45, 2.75) is 43.9 Å². The number of pyridine rings is 1. The van der Waals surface area contributed by atoms with Crippen molar-refractivity contribution in [3.8, 4) is 17.3 Å². The van der Waals surface area contributed by atoms with Gasteiger partial charge in [-0.2, -0.15) is 0 Å². The molecule has 0 unspecified atom stereocenters. The Morgan fingerprint density at radius 3 is 2.83 bits per heavy atom. The van der Waals surface area contributed by atoms with Crippen LogP contribution in [0.25, 0.3) is 33.6 Å². The van der Waals surface area contributed by atoms with E-state index in [0.29, 0.717) is 29.3 Å². The fourth-order valence-electron chi connectivity index (χ4n) is 6.77. The second kappa shape index (κ2) is 9.19. The molecule has 1 aliphatic heterocycles. The number of ether oxygens (including phenoxy) is 1. The van der Waals surface area contributed by atoms with Crippen LogP contribution in [0.5, 0.6) is 5.75 Å². The Morgan fingerprint density at radius 2 is 2.10 bits per heavy atom. The summed E-state index contributed by atoms with van der Waals surface area (Å²) in [4.78, 5) is 37.4. The van der Waals surface area contributed by atoms with Crippen molar-refractivity contribution in [3.63, 3.8) is 0 Å². The monoisotopic (exact) mass is 539 g/mol. The molecule has 0 radical (unpaired) electrons. The lowest BCUT2D eigenvalue weighted by molar-refractivity contribution is -0.117. The predicted molar refractivity (Wildman–Crippen MR) is 152 cm³/mol. The minimum absolute atomic E-state index is 0.137. The van der Waals surface area contributed by atoms with Crippen molar-refractivity contribution in [2.24, 2.45) is 24.6 Å². The number of imidazole rings is 1. The summed E-state index contributed by atoms with van der Waals surface area (Å²) in [7, 11) is 3.59. The Morgan fingerprint density at radius 1 is 1.27 bits per heavy atom. The standard InChI is InChI=1S/C30H33N7O3/c1-4-24(38)33-21-11-19-15-37(27(21)25(19)31)30(39)18-10-20-26(23(13-18)40-3)35(2)29(34-20)22-12-17-6-5-9-32-28(17)36(22)14-16-7-8-16/h4-6,9-10,12-13,16,19,21,25,27H,1,7-8,11,14-15,31H2,2-3H3,(H,33,38)/t19-,21+,25-,27-/m1/s1. The van der Waals surface area contributed by atoms with E-state index in [1.165, 1.54) is 18.9 Å². The van der Waals surface area contributed by atoms with E-state index >= 15 is 0 Å². The number of nitrogens with one attached hydrogen (secondary N) is 1. The van der Waals surface area contributed by atoms with Crippen LogP contribution in [0.15, 0.2) is 49.2 Å². The zero-order valence-corrected chi connectivity index (χ0v) is 22.7. The predicted octanol–water partition coefficient (Wildman–Crippen LogP) is 2.85. The molecule has 0 spiro atoms. The van der Waals surface area contributed by atoms with E-state index in [9.17, 15) is 9.59 Å². The van der Waals surface area contributed by atoms with Crippen molar-refractivity contribution >= 4 is 33.9 Å². The maximum atomic E-state index is 13.9. The number of fused-ring (bicyclic) bond motifs is 4. The minimum Gasteiger partial charge on any atom is -0.494 e. The Hall–Kier alpha value is -4.18. The molecule has 2 amide bonds. The van der Waals surface area contributed by atoms with Crippen LogP contribution in [-0.2, 0) is 18.4 Å². The molecule has 4 atom stereocenters. The van der Waals surface area contributed by atoms with Crippen LogP contribution in [0.1, 0.15) is 29.6 Å². The van der Waals surface area contributed by atoms with Gasteiger partial charge in [0.25, 0.3) is 5.91 Å². The summed E-state index contributed by atoms with van der Waals surface area (Å²) in [6, 6.07) is 9.14. The van der Waals surface area contributed by atoms with Crippen LogP contribution < -0.4 is 15.8 Å². The van der Waals surface area contributed by atoms with Crippen molar-refractivity contribution in [1.29, 1.82) is 0 Å². The first-order valence-corrected chi connectivity index (χ1v) is 13.9. The van der Waals surface area contributed by atoms with E-state index in [1.807, 2.05) is 29.9 Å². The van der Waals surface area contributed by atoms with Gasteiger partial charge >= 0.3 is 0 Å². The van der Waals surface area contributed by atoms with Crippen LogP contribution in [0.4, 0.5) is 0 Å². The Balaban J connectivity index is 1.28. The van der Waals surface area contributed by atoms with Gasteiger partial charge in [-0.15, -0.1) is 0 Å². The van der Waals surface area contributed by atoms with Gasteiger partial charge in [-0.25, -0.2) is 9.97 Å². The normalized spacial score (nSPS) is 23.7. The second-order valence-corrected chi connectivity index (χ2v) is 11.4. The third-order valence-corrected chi connectivity index (χ3v) is 8.90. The topological polar surface area (TPSA) is 120 Å². The molecule has 2 aliphatic carbocycles. The van der Waals surface area contributed by atoms with Crippen molar-refractivity contribution in [1.82, 2.24) is 29.3 Å². The lowest BCUT2D eigenvalue weighted by Gasteiger charge is -2.33. The number of likely N-dealkylation sites (tertiary alicyclic amines) is 1. The van der Waals surface area contributed by atoms with Gasteiger partial charge in [0.2, 0.25) is 5.91 Å². The fourth-order valence-corrected chi connectivity index (χ4v) is 6.77. The van der Waals surface area contributed by atoms with Crippen molar-refractivity contribution in [3.05, 3.63) is 54.7 Å². The average molecular weight is 540 g/mol. The Kier molecular flexibility index (Phi) is 5.71. The number of amides is 2. The van der Waals surface area contributed by atoms with Crippen LogP contribution in [0, 0.1) is 11.8 Å². The molecule has 7 rings (SSSR count). The molecule has 2 saturated carbocycles. The number of aryl methyl sites for hydroxylation is 1. The zero-order valence-electron chi connectivity index (χ0n) is 22.7. The summed E-state index contributed by atoms with van der Waals surface area (Å²) in [5.74, 6) is 1.78. The Bertz CT molecular complexity index is 1680. The molecule has 206 valence electrons. The van der Waals surface area contributed by atoms with E-state index in [0.717, 1.165) is 41.0 Å². The molecular formula is C30H33N7O3. The number of methoxy groups -OCH3 is 1. The largest absolute Gasteiger partial charge is 0.494 e. The molecule has 10 nitrogen and oxygen atoms in total. The number of piperidine rings is 1. The van der Waals surface area contributed by atoms with Crippen LogP contribution in [-0.4, -0.2) is 67.6 Å². The van der Waals surface area contributed by atoms with Gasteiger partial charge < -0.3 is 29.8 Å². The first-order chi connectivity index (χ1) is 19.4. The van der Waals surface area contributed by atoms with Gasteiger partial charge in [0.15, 0.2) is 5.82 Å². The highest BCUT2D eigenvalue weighted by atomic mass is 16.5. The van der Waals surface area contributed by atoms with Crippen LogP contribution >= 0.6 is 0 Å². The molecular weight excluding hydrogens is 506 g/mol. The smallest absolute Gasteiger partial charge is 0.254 e. The summed E-state index contributed by atoms with van der Waals surface area (Å²) >= 11 is 0. The van der Waals surface area contributed by atoms with E-state index in [1.54, 1.807) is 18.1 Å². The number of aromatic nitrogens is 4. The summed E-state index contributed by atoms with van der Waals surface area (Å²) in [5, 5.41) is 4.04. The lowest BCUT2D eigenvalue weighted by atomic mass is 10.0. The number of hydrogen-bond donors (Lipinski definition) is 2. The molecule has 3 aliphatic rings. The molecule has 4 aromatic rings. The van der Waals surface area contributed by atoms with Gasteiger partial charge in [-0.05, 0) is 67.5 Å². The SMILES string of the molecule is C=CC(=O)N[C@H]1C[C@@H]2CN(C(=O)c3cc(OC)c4c(c3)nc(-c3cc5cccnc5n3CC3CC3)n4C)[C@H]1[C@@H]2N. The minimum atomic E-state index is -0.270. The highest BCUT2D eigenvalue weighted by molar-refractivity contribution is 6.00. The van der Waals surface area contributed by atoms with E-state index in [2.05, 4.69) is 33.6 Å². The summed E-state index contributed by atoms with van der Waals surface area (Å²) < 4.78 is 10.1. The molecule has 3 N–H and O–H groups in total. The molecule has 4 heterocycles. The maximum Gasteiger partial charge on any atom is 0.254 e. The first-order valence-electron chi connectivity index (χ1n) is 13.9.